The van der Waals surface area contributed by atoms with Crippen LogP contribution >= 0.6 is 11.5 Å². The van der Waals surface area contributed by atoms with Gasteiger partial charge in [0.05, 0.1) is 0 Å². The molecule has 0 aromatic carbocycles. The summed E-state index contributed by atoms with van der Waals surface area (Å²) in [6.07, 6.45) is 2.32. The third-order valence-corrected chi connectivity index (χ3v) is 2.49. The molecule has 4 nitrogen and oxygen atoms in total. The minimum absolute atomic E-state index is 0.0976. The summed E-state index contributed by atoms with van der Waals surface area (Å²) in [6.45, 7) is 5.25. The first-order valence-corrected chi connectivity index (χ1v) is 5.03. The molecular formula is C8H15N3OS. The number of hydrogen-bond acceptors (Lipinski definition) is 5. The predicted octanol–water partition coefficient (Wildman–Crippen LogP) is 1.36. The van der Waals surface area contributed by atoms with E-state index in [4.69, 9.17) is 5.11 Å². The molecule has 0 saturated heterocycles. The van der Waals surface area contributed by atoms with Crippen LogP contribution in [-0.4, -0.2) is 27.6 Å². The Kier molecular flexibility index (Phi) is 3.62. The van der Waals surface area contributed by atoms with Gasteiger partial charge in [-0.2, -0.15) is 4.37 Å². The number of aromatic nitrogens is 2. The summed E-state index contributed by atoms with van der Waals surface area (Å²) >= 11 is 1.35. The topological polar surface area (TPSA) is 58.0 Å². The molecule has 0 spiro atoms. The Morgan fingerprint density at radius 1 is 1.62 bits per heavy atom. The van der Waals surface area contributed by atoms with Crippen LogP contribution in [0.5, 0.6) is 0 Å². The third-order valence-electron chi connectivity index (χ3n) is 1.87. The Morgan fingerprint density at radius 3 is 2.92 bits per heavy atom. The molecule has 1 heterocycles. The zero-order chi connectivity index (χ0) is 9.73. The highest BCUT2D eigenvalue weighted by atomic mass is 32.1. The second kappa shape index (κ2) is 4.53. The van der Waals surface area contributed by atoms with Crippen LogP contribution in [0, 0.1) is 5.41 Å². The van der Waals surface area contributed by atoms with Gasteiger partial charge >= 0.3 is 0 Å². The van der Waals surface area contributed by atoms with Gasteiger partial charge in [0.15, 0.2) is 0 Å². The lowest BCUT2D eigenvalue weighted by molar-refractivity contribution is 0.220. The molecule has 1 rings (SSSR count). The number of aliphatic hydroxyl groups is 1. The van der Waals surface area contributed by atoms with Crippen molar-refractivity contribution in [3.8, 4) is 0 Å². The molecule has 13 heavy (non-hydrogen) atoms. The molecule has 0 fully saturated rings. The Labute approximate surface area is 82.2 Å². The van der Waals surface area contributed by atoms with Crippen molar-refractivity contribution in [1.82, 2.24) is 9.36 Å². The fraction of sp³-hybridized carbons (Fsp3) is 0.750. The Bertz CT molecular complexity index is 236. The van der Waals surface area contributed by atoms with Gasteiger partial charge in [-0.25, -0.2) is 4.98 Å². The van der Waals surface area contributed by atoms with Crippen LogP contribution in [0.3, 0.4) is 0 Å². The first-order chi connectivity index (χ1) is 6.14. The summed E-state index contributed by atoms with van der Waals surface area (Å²) in [4.78, 5) is 4.01. The Hall–Kier alpha value is -0.680. The third kappa shape index (κ3) is 3.69. The molecule has 0 bridgehead atoms. The molecule has 5 heteroatoms. The van der Waals surface area contributed by atoms with E-state index < -0.39 is 0 Å². The van der Waals surface area contributed by atoms with Crippen molar-refractivity contribution in [3.63, 3.8) is 0 Å². The quantitative estimate of drug-likeness (QED) is 0.755. The van der Waals surface area contributed by atoms with Crippen LogP contribution in [0.1, 0.15) is 20.3 Å². The maximum Gasteiger partial charge on any atom is 0.202 e. The van der Waals surface area contributed by atoms with Gasteiger partial charge in [-0.1, -0.05) is 13.8 Å². The zero-order valence-corrected chi connectivity index (χ0v) is 8.77. The van der Waals surface area contributed by atoms with Crippen molar-refractivity contribution >= 4 is 16.7 Å². The highest BCUT2D eigenvalue weighted by Gasteiger charge is 2.16. The van der Waals surface area contributed by atoms with E-state index in [1.807, 2.05) is 0 Å². The molecule has 0 aliphatic heterocycles. The lowest BCUT2D eigenvalue weighted by Crippen LogP contribution is -2.24. The van der Waals surface area contributed by atoms with E-state index >= 15 is 0 Å². The summed E-state index contributed by atoms with van der Waals surface area (Å²) < 4.78 is 3.89. The summed E-state index contributed by atoms with van der Waals surface area (Å²) in [5.41, 5.74) is 0.0976. The molecule has 0 aliphatic rings. The molecule has 74 valence electrons. The summed E-state index contributed by atoms with van der Waals surface area (Å²) in [5.74, 6) is 0. The van der Waals surface area contributed by atoms with Gasteiger partial charge in [-0.05, 0) is 11.8 Å². The van der Waals surface area contributed by atoms with Crippen molar-refractivity contribution in [2.24, 2.45) is 5.41 Å². The van der Waals surface area contributed by atoms with Crippen LogP contribution in [0.2, 0.25) is 0 Å². The number of nitrogens with zero attached hydrogens (tertiary/aromatic N) is 2. The predicted molar refractivity (Wildman–Crippen MR) is 53.9 cm³/mol. The maximum atomic E-state index is 8.81. The lowest BCUT2D eigenvalue weighted by atomic mass is 9.90. The van der Waals surface area contributed by atoms with Crippen molar-refractivity contribution < 1.29 is 5.11 Å². The van der Waals surface area contributed by atoms with Crippen molar-refractivity contribution in [1.29, 1.82) is 0 Å². The lowest BCUT2D eigenvalue weighted by Gasteiger charge is -2.23. The molecule has 2 N–H and O–H groups in total. The largest absolute Gasteiger partial charge is 0.396 e. The molecule has 0 amide bonds. The normalized spacial score (nSPS) is 11.6. The number of anilines is 1. The van der Waals surface area contributed by atoms with E-state index in [1.165, 1.54) is 17.9 Å². The standard InChI is InChI=1S/C8H15N3OS/c1-8(2,3-4-12)5-9-7-10-6-11-13-7/h6,12H,3-5H2,1-2H3,(H,9,10,11). The van der Waals surface area contributed by atoms with Crippen LogP contribution in [-0.2, 0) is 0 Å². The fourth-order valence-electron chi connectivity index (χ4n) is 0.957. The van der Waals surface area contributed by atoms with Gasteiger partial charge in [0.2, 0.25) is 5.13 Å². The molecule has 0 aliphatic carbocycles. The SMILES string of the molecule is CC(C)(CCO)CNc1ncns1. The average molecular weight is 201 g/mol. The van der Waals surface area contributed by atoms with Gasteiger partial charge in [0, 0.05) is 24.7 Å². The summed E-state index contributed by atoms with van der Waals surface area (Å²) in [7, 11) is 0. The minimum atomic E-state index is 0.0976. The molecule has 0 radical (unpaired) electrons. The number of aliphatic hydroxyl groups excluding tert-OH is 1. The fourth-order valence-corrected chi connectivity index (χ4v) is 1.38. The smallest absolute Gasteiger partial charge is 0.202 e. The maximum absolute atomic E-state index is 8.81. The Morgan fingerprint density at radius 2 is 2.38 bits per heavy atom. The van der Waals surface area contributed by atoms with Gasteiger partial charge in [0.1, 0.15) is 6.33 Å². The highest BCUT2D eigenvalue weighted by molar-refractivity contribution is 7.09. The highest BCUT2D eigenvalue weighted by Crippen LogP contribution is 2.20. The number of nitrogens with one attached hydrogen (secondary N) is 1. The first kappa shape index (κ1) is 10.4. The van der Waals surface area contributed by atoms with Crippen molar-refractivity contribution in [3.05, 3.63) is 6.33 Å². The van der Waals surface area contributed by atoms with Crippen molar-refractivity contribution in [2.45, 2.75) is 20.3 Å². The summed E-state index contributed by atoms with van der Waals surface area (Å²) in [5, 5.41) is 12.8. The monoisotopic (exact) mass is 201 g/mol. The van der Waals surface area contributed by atoms with Crippen molar-refractivity contribution in [2.75, 3.05) is 18.5 Å². The first-order valence-electron chi connectivity index (χ1n) is 4.25. The van der Waals surface area contributed by atoms with Crippen LogP contribution < -0.4 is 5.32 Å². The molecule has 0 unspecified atom stereocenters. The average Bonchev–Trinajstić information content (AvgIpc) is 2.52. The number of hydrogen-bond donors (Lipinski definition) is 2. The molecule has 0 atom stereocenters. The minimum Gasteiger partial charge on any atom is -0.396 e. The molecule has 1 aromatic heterocycles. The van der Waals surface area contributed by atoms with Crippen LogP contribution in [0.4, 0.5) is 5.13 Å². The van der Waals surface area contributed by atoms with E-state index in [9.17, 15) is 0 Å². The van der Waals surface area contributed by atoms with Crippen LogP contribution in [0.15, 0.2) is 6.33 Å². The number of rotatable bonds is 5. The van der Waals surface area contributed by atoms with Gasteiger partial charge < -0.3 is 10.4 Å². The molecule has 0 saturated carbocycles. The van der Waals surface area contributed by atoms with Gasteiger partial charge in [0.25, 0.3) is 0 Å². The molecular weight excluding hydrogens is 186 g/mol. The van der Waals surface area contributed by atoms with Crippen LogP contribution in [0.25, 0.3) is 0 Å². The second-order valence-electron chi connectivity index (χ2n) is 3.74. The van der Waals surface area contributed by atoms with E-state index in [-0.39, 0.29) is 12.0 Å². The summed E-state index contributed by atoms with van der Waals surface area (Å²) in [6, 6.07) is 0. The zero-order valence-electron chi connectivity index (χ0n) is 7.95. The van der Waals surface area contributed by atoms with Gasteiger partial charge in [-0.3, -0.25) is 0 Å². The van der Waals surface area contributed by atoms with E-state index in [0.717, 1.165) is 18.1 Å². The van der Waals surface area contributed by atoms with E-state index in [0.29, 0.717) is 0 Å². The molecule has 1 aromatic rings. The second-order valence-corrected chi connectivity index (χ2v) is 4.52. The van der Waals surface area contributed by atoms with Gasteiger partial charge in [-0.15, -0.1) is 0 Å². The van der Waals surface area contributed by atoms with E-state index in [2.05, 4.69) is 28.5 Å². The van der Waals surface area contributed by atoms with E-state index in [1.54, 1.807) is 0 Å². The Balaban J connectivity index is 2.33.